The molecule has 1 heterocycles. The predicted octanol–water partition coefficient (Wildman–Crippen LogP) is 3.38. The monoisotopic (exact) mass is 316 g/mol. The summed E-state index contributed by atoms with van der Waals surface area (Å²) < 4.78 is 0. The highest BCUT2D eigenvalue weighted by Gasteiger charge is 2.22. The van der Waals surface area contributed by atoms with Gasteiger partial charge in [-0.1, -0.05) is 30.7 Å². The van der Waals surface area contributed by atoms with Gasteiger partial charge >= 0.3 is 0 Å². The van der Waals surface area contributed by atoms with Crippen LogP contribution in [0.5, 0.6) is 0 Å². The minimum Gasteiger partial charge on any atom is -0.353 e. The van der Waals surface area contributed by atoms with E-state index in [1.54, 1.807) is 0 Å². The highest BCUT2D eigenvalue weighted by Crippen LogP contribution is 2.22. The number of nitrogens with one attached hydrogen (secondary N) is 2. The summed E-state index contributed by atoms with van der Waals surface area (Å²) in [6, 6.07) is 6.72. The molecule has 0 aromatic heterocycles. The van der Waals surface area contributed by atoms with Crippen molar-refractivity contribution in [3.63, 3.8) is 0 Å². The van der Waals surface area contributed by atoms with Crippen LogP contribution in [0.4, 0.5) is 0 Å². The van der Waals surface area contributed by atoms with E-state index in [1.165, 1.54) is 29.5 Å². The lowest BCUT2D eigenvalue weighted by molar-refractivity contribution is -0.122. The lowest BCUT2D eigenvalue weighted by atomic mass is 9.85. The molecule has 128 valence electrons. The Labute approximate surface area is 141 Å². The largest absolute Gasteiger partial charge is 0.353 e. The molecule has 1 aliphatic heterocycles. The van der Waals surface area contributed by atoms with Gasteiger partial charge in [0.2, 0.25) is 5.91 Å². The highest BCUT2D eigenvalue weighted by atomic mass is 16.1. The fourth-order valence-corrected chi connectivity index (χ4v) is 3.61. The van der Waals surface area contributed by atoms with Gasteiger partial charge in [-0.3, -0.25) is 4.79 Å². The molecule has 2 rings (SSSR count). The van der Waals surface area contributed by atoms with E-state index >= 15 is 0 Å². The van der Waals surface area contributed by atoms with Crippen molar-refractivity contribution in [2.75, 3.05) is 13.1 Å². The lowest BCUT2D eigenvalue weighted by Crippen LogP contribution is -2.38. The van der Waals surface area contributed by atoms with Gasteiger partial charge in [0.25, 0.3) is 0 Å². The molecule has 0 bridgehead atoms. The van der Waals surface area contributed by atoms with Crippen molar-refractivity contribution in [2.24, 2.45) is 11.8 Å². The molecule has 1 aromatic rings. The summed E-state index contributed by atoms with van der Waals surface area (Å²) in [5.41, 5.74) is 3.93. The Hall–Kier alpha value is -1.35. The zero-order chi connectivity index (χ0) is 16.8. The van der Waals surface area contributed by atoms with Crippen molar-refractivity contribution in [2.45, 2.75) is 59.4 Å². The number of hydrogen-bond donors (Lipinski definition) is 2. The summed E-state index contributed by atoms with van der Waals surface area (Å²) >= 11 is 0. The molecule has 0 spiro atoms. The van der Waals surface area contributed by atoms with Gasteiger partial charge in [0.1, 0.15) is 0 Å². The topological polar surface area (TPSA) is 41.1 Å². The average Bonchev–Trinajstić information content (AvgIpc) is 2.50. The third kappa shape index (κ3) is 5.65. The molecule has 0 saturated carbocycles. The molecule has 1 aliphatic rings. The van der Waals surface area contributed by atoms with Crippen molar-refractivity contribution < 1.29 is 4.79 Å². The molecule has 0 aliphatic carbocycles. The van der Waals surface area contributed by atoms with Crippen LogP contribution in [-0.2, 0) is 11.2 Å². The highest BCUT2D eigenvalue weighted by molar-refractivity contribution is 5.76. The van der Waals surface area contributed by atoms with Gasteiger partial charge in [0.15, 0.2) is 0 Å². The summed E-state index contributed by atoms with van der Waals surface area (Å²) in [4.78, 5) is 12.3. The Kier molecular flexibility index (Phi) is 6.64. The van der Waals surface area contributed by atoms with E-state index in [0.717, 1.165) is 19.5 Å². The molecular weight excluding hydrogens is 284 g/mol. The summed E-state index contributed by atoms with van der Waals surface area (Å²) in [5.74, 6) is 1.29. The molecule has 3 heteroatoms. The number of aryl methyl sites for hydroxylation is 2. The molecule has 23 heavy (non-hydrogen) atoms. The standard InChI is InChI=1S/C20H32N2O/c1-14-7-8-18(15(2)10-14)12-17(4)22-20(23)11-16(3)19-6-5-9-21-13-19/h7-8,10,16-17,19,21H,5-6,9,11-13H2,1-4H3,(H,22,23). The quantitative estimate of drug-likeness (QED) is 0.845. The van der Waals surface area contributed by atoms with Crippen molar-refractivity contribution in [3.8, 4) is 0 Å². The Bertz CT molecular complexity index is 520. The molecule has 1 aromatic carbocycles. The van der Waals surface area contributed by atoms with Crippen molar-refractivity contribution >= 4 is 5.91 Å². The first-order valence-electron chi connectivity index (χ1n) is 9.02. The maximum Gasteiger partial charge on any atom is 0.220 e. The first kappa shape index (κ1) is 18.0. The van der Waals surface area contributed by atoms with Crippen molar-refractivity contribution in [1.82, 2.24) is 10.6 Å². The maximum atomic E-state index is 12.3. The van der Waals surface area contributed by atoms with Crippen LogP contribution in [0.2, 0.25) is 0 Å². The maximum absolute atomic E-state index is 12.3. The predicted molar refractivity (Wildman–Crippen MR) is 96.6 cm³/mol. The second-order valence-electron chi connectivity index (χ2n) is 7.39. The van der Waals surface area contributed by atoms with Crippen LogP contribution in [0.1, 0.15) is 49.8 Å². The van der Waals surface area contributed by atoms with Crippen LogP contribution < -0.4 is 10.6 Å². The van der Waals surface area contributed by atoms with Crippen molar-refractivity contribution in [1.29, 1.82) is 0 Å². The van der Waals surface area contributed by atoms with E-state index in [4.69, 9.17) is 0 Å². The molecule has 3 nitrogen and oxygen atoms in total. The van der Waals surface area contributed by atoms with Crippen LogP contribution >= 0.6 is 0 Å². The number of amides is 1. The number of hydrogen-bond acceptors (Lipinski definition) is 2. The van der Waals surface area contributed by atoms with E-state index in [0.29, 0.717) is 18.3 Å². The van der Waals surface area contributed by atoms with Crippen LogP contribution in [-0.4, -0.2) is 25.0 Å². The van der Waals surface area contributed by atoms with E-state index in [2.05, 4.69) is 56.5 Å². The number of benzene rings is 1. The van der Waals surface area contributed by atoms with Crippen molar-refractivity contribution in [3.05, 3.63) is 34.9 Å². The number of piperidine rings is 1. The van der Waals surface area contributed by atoms with Gasteiger partial charge < -0.3 is 10.6 Å². The second-order valence-corrected chi connectivity index (χ2v) is 7.39. The van der Waals surface area contributed by atoms with E-state index in [-0.39, 0.29) is 11.9 Å². The lowest BCUT2D eigenvalue weighted by Gasteiger charge is -2.28. The van der Waals surface area contributed by atoms with Gasteiger partial charge in [0.05, 0.1) is 0 Å². The van der Waals surface area contributed by atoms with Gasteiger partial charge in [-0.2, -0.15) is 0 Å². The van der Waals surface area contributed by atoms with E-state index in [1.807, 2.05) is 0 Å². The first-order valence-corrected chi connectivity index (χ1v) is 9.02. The fourth-order valence-electron chi connectivity index (χ4n) is 3.61. The summed E-state index contributed by atoms with van der Waals surface area (Å²) in [6.45, 7) is 10.8. The summed E-state index contributed by atoms with van der Waals surface area (Å²) in [5, 5.41) is 6.62. The van der Waals surface area contributed by atoms with Gasteiger partial charge in [-0.05, 0) is 76.1 Å². The zero-order valence-corrected chi connectivity index (χ0v) is 15.1. The Morgan fingerprint density at radius 2 is 2.13 bits per heavy atom. The van der Waals surface area contributed by atoms with Crippen LogP contribution in [0, 0.1) is 25.7 Å². The number of carbonyl (C=O) groups excluding carboxylic acids is 1. The fraction of sp³-hybridized carbons (Fsp3) is 0.650. The van der Waals surface area contributed by atoms with Gasteiger partial charge in [-0.15, -0.1) is 0 Å². The number of carbonyl (C=O) groups is 1. The zero-order valence-electron chi connectivity index (χ0n) is 15.1. The molecule has 1 amide bonds. The summed E-state index contributed by atoms with van der Waals surface area (Å²) in [7, 11) is 0. The van der Waals surface area contributed by atoms with Crippen LogP contribution in [0.3, 0.4) is 0 Å². The van der Waals surface area contributed by atoms with Crippen LogP contribution in [0.25, 0.3) is 0 Å². The van der Waals surface area contributed by atoms with E-state index < -0.39 is 0 Å². The Balaban J connectivity index is 1.79. The summed E-state index contributed by atoms with van der Waals surface area (Å²) in [6.07, 6.45) is 4.03. The molecule has 2 N–H and O–H groups in total. The second kappa shape index (κ2) is 8.49. The Morgan fingerprint density at radius 3 is 2.78 bits per heavy atom. The minimum absolute atomic E-state index is 0.181. The van der Waals surface area contributed by atoms with Crippen LogP contribution in [0.15, 0.2) is 18.2 Å². The SMILES string of the molecule is Cc1ccc(CC(C)NC(=O)CC(C)C2CCCNC2)c(C)c1. The Morgan fingerprint density at radius 1 is 1.35 bits per heavy atom. The smallest absolute Gasteiger partial charge is 0.220 e. The molecule has 3 atom stereocenters. The minimum atomic E-state index is 0.181. The third-order valence-electron chi connectivity index (χ3n) is 5.08. The van der Waals surface area contributed by atoms with Gasteiger partial charge in [0, 0.05) is 12.5 Å². The molecule has 3 unspecified atom stereocenters. The molecule has 1 fully saturated rings. The number of rotatable bonds is 6. The van der Waals surface area contributed by atoms with E-state index in [9.17, 15) is 4.79 Å². The molecular formula is C20H32N2O. The average molecular weight is 316 g/mol. The molecule has 1 saturated heterocycles. The third-order valence-corrected chi connectivity index (χ3v) is 5.08. The molecule has 0 radical (unpaired) electrons. The normalized spacial score (nSPS) is 20.8. The first-order chi connectivity index (χ1) is 11.0. The van der Waals surface area contributed by atoms with Gasteiger partial charge in [-0.25, -0.2) is 0 Å².